The number of fused-ring (bicyclic) bond motifs is 1. The normalized spacial score (nSPS) is 10.6. The maximum absolute atomic E-state index is 12.1. The first kappa shape index (κ1) is 16.5. The molecule has 3 aromatic rings. The van der Waals surface area contributed by atoms with Crippen molar-refractivity contribution in [3.63, 3.8) is 0 Å². The summed E-state index contributed by atoms with van der Waals surface area (Å²) in [5.41, 5.74) is 7.23. The molecule has 0 saturated carbocycles. The van der Waals surface area contributed by atoms with Crippen LogP contribution in [-0.2, 0) is 16.0 Å². The van der Waals surface area contributed by atoms with Gasteiger partial charge in [0.2, 0.25) is 11.8 Å². The first-order valence-electron chi connectivity index (χ1n) is 7.84. The number of nitrogens with two attached hydrogens (primary N) is 1. The van der Waals surface area contributed by atoms with Crippen molar-refractivity contribution in [1.82, 2.24) is 9.38 Å². The molecule has 0 aliphatic heterocycles. The van der Waals surface area contributed by atoms with Crippen LogP contribution < -0.4 is 15.8 Å². The van der Waals surface area contributed by atoms with E-state index >= 15 is 0 Å². The number of amides is 2. The molecule has 3 rings (SSSR count). The molecule has 0 aliphatic carbocycles. The van der Waals surface area contributed by atoms with Gasteiger partial charge >= 0.3 is 0 Å². The SMILES string of the molecule is NC(=O)CCOc1ccc(NC(=O)Cc2cn3ccccc3n2)cc1. The average molecular weight is 338 g/mol. The van der Waals surface area contributed by atoms with E-state index in [-0.39, 0.29) is 25.4 Å². The highest BCUT2D eigenvalue weighted by Crippen LogP contribution is 2.16. The van der Waals surface area contributed by atoms with Gasteiger partial charge in [0.25, 0.3) is 0 Å². The van der Waals surface area contributed by atoms with Crippen molar-refractivity contribution in [2.75, 3.05) is 11.9 Å². The van der Waals surface area contributed by atoms with Crippen LogP contribution in [-0.4, -0.2) is 27.8 Å². The van der Waals surface area contributed by atoms with Crippen LogP contribution in [0.1, 0.15) is 12.1 Å². The Labute approximate surface area is 144 Å². The third kappa shape index (κ3) is 4.57. The number of hydrogen-bond donors (Lipinski definition) is 2. The van der Waals surface area contributed by atoms with Gasteiger partial charge in [0, 0.05) is 18.1 Å². The molecule has 128 valence electrons. The number of imidazole rings is 1. The molecular formula is C18H18N4O3. The van der Waals surface area contributed by atoms with E-state index in [1.165, 1.54) is 0 Å². The van der Waals surface area contributed by atoms with Crippen LogP contribution in [0.25, 0.3) is 5.65 Å². The predicted molar refractivity (Wildman–Crippen MR) is 93.3 cm³/mol. The summed E-state index contributed by atoms with van der Waals surface area (Å²) in [4.78, 5) is 27.2. The molecule has 0 bridgehead atoms. The Balaban J connectivity index is 1.54. The van der Waals surface area contributed by atoms with Gasteiger partial charge in [-0.3, -0.25) is 9.59 Å². The molecule has 3 N–H and O–H groups in total. The molecule has 0 fully saturated rings. The minimum Gasteiger partial charge on any atom is -0.493 e. The van der Waals surface area contributed by atoms with Crippen LogP contribution in [0.15, 0.2) is 54.9 Å². The van der Waals surface area contributed by atoms with E-state index in [1.54, 1.807) is 24.3 Å². The number of carbonyl (C=O) groups excluding carboxylic acids is 2. The molecule has 0 spiro atoms. The Kier molecular flexibility index (Phi) is 4.94. The number of benzene rings is 1. The molecular weight excluding hydrogens is 320 g/mol. The van der Waals surface area contributed by atoms with E-state index in [0.29, 0.717) is 17.1 Å². The molecule has 0 saturated heterocycles. The van der Waals surface area contributed by atoms with Crippen molar-refractivity contribution in [3.05, 3.63) is 60.6 Å². The number of hydrogen-bond acceptors (Lipinski definition) is 4. The van der Waals surface area contributed by atoms with E-state index in [2.05, 4.69) is 10.3 Å². The number of aromatic nitrogens is 2. The third-order valence-electron chi connectivity index (χ3n) is 3.51. The van der Waals surface area contributed by atoms with Crippen LogP contribution in [0.2, 0.25) is 0 Å². The second-order valence-corrected chi connectivity index (χ2v) is 5.51. The molecule has 7 nitrogen and oxygen atoms in total. The zero-order valence-corrected chi connectivity index (χ0v) is 13.5. The average Bonchev–Trinajstić information content (AvgIpc) is 2.98. The van der Waals surface area contributed by atoms with Gasteiger partial charge in [-0.1, -0.05) is 6.07 Å². The number of carbonyl (C=O) groups is 2. The Bertz CT molecular complexity index is 854. The van der Waals surface area contributed by atoms with Crippen molar-refractivity contribution in [1.29, 1.82) is 0 Å². The maximum atomic E-state index is 12.1. The largest absolute Gasteiger partial charge is 0.493 e. The zero-order valence-electron chi connectivity index (χ0n) is 13.5. The fourth-order valence-corrected chi connectivity index (χ4v) is 2.35. The summed E-state index contributed by atoms with van der Waals surface area (Å²) in [7, 11) is 0. The Morgan fingerprint density at radius 2 is 1.96 bits per heavy atom. The van der Waals surface area contributed by atoms with Crippen molar-refractivity contribution >= 4 is 23.1 Å². The van der Waals surface area contributed by atoms with E-state index in [9.17, 15) is 9.59 Å². The highest BCUT2D eigenvalue weighted by Gasteiger charge is 2.08. The van der Waals surface area contributed by atoms with Gasteiger partial charge in [0.15, 0.2) is 0 Å². The van der Waals surface area contributed by atoms with Gasteiger partial charge in [0.05, 0.1) is 25.1 Å². The van der Waals surface area contributed by atoms with Crippen molar-refractivity contribution in [2.24, 2.45) is 5.73 Å². The van der Waals surface area contributed by atoms with Crippen molar-refractivity contribution < 1.29 is 14.3 Å². The van der Waals surface area contributed by atoms with E-state index in [1.807, 2.05) is 35.0 Å². The summed E-state index contributed by atoms with van der Waals surface area (Å²) in [5, 5.41) is 2.82. The molecule has 0 aliphatic rings. The van der Waals surface area contributed by atoms with Crippen LogP contribution >= 0.6 is 0 Å². The molecule has 2 aromatic heterocycles. The fourth-order valence-electron chi connectivity index (χ4n) is 2.35. The Hall–Kier alpha value is -3.35. The lowest BCUT2D eigenvalue weighted by molar-refractivity contribution is -0.118. The van der Waals surface area contributed by atoms with Crippen molar-refractivity contribution in [2.45, 2.75) is 12.8 Å². The molecule has 0 radical (unpaired) electrons. The number of primary amides is 1. The minimum atomic E-state index is -0.407. The van der Waals surface area contributed by atoms with Crippen LogP contribution in [0, 0.1) is 0 Å². The van der Waals surface area contributed by atoms with Gasteiger partial charge in [0.1, 0.15) is 11.4 Å². The van der Waals surface area contributed by atoms with Crippen LogP contribution in [0.5, 0.6) is 5.75 Å². The minimum absolute atomic E-state index is 0.147. The highest BCUT2D eigenvalue weighted by molar-refractivity contribution is 5.92. The standard InChI is InChI=1S/C18H18N4O3/c19-16(23)8-10-25-15-6-4-13(5-7-15)21-18(24)11-14-12-22-9-2-1-3-17(22)20-14/h1-7,9,12H,8,10-11H2,(H2,19,23)(H,21,24). The van der Waals surface area contributed by atoms with Crippen LogP contribution in [0.3, 0.4) is 0 Å². The van der Waals surface area contributed by atoms with E-state index in [0.717, 1.165) is 5.65 Å². The maximum Gasteiger partial charge on any atom is 0.230 e. The molecule has 0 atom stereocenters. The third-order valence-corrected chi connectivity index (χ3v) is 3.51. The summed E-state index contributed by atoms with van der Waals surface area (Å²) in [5.74, 6) is 0.0567. The first-order chi connectivity index (χ1) is 12.1. The lowest BCUT2D eigenvalue weighted by atomic mass is 10.2. The summed E-state index contributed by atoms with van der Waals surface area (Å²) in [6.45, 7) is 0.231. The number of nitrogens with zero attached hydrogens (tertiary/aromatic N) is 2. The summed E-state index contributed by atoms with van der Waals surface area (Å²) >= 11 is 0. The number of nitrogens with one attached hydrogen (secondary N) is 1. The first-order valence-corrected chi connectivity index (χ1v) is 7.84. The summed E-state index contributed by atoms with van der Waals surface area (Å²) < 4.78 is 7.26. The van der Waals surface area contributed by atoms with E-state index in [4.69, 9.17) is 10.5 Å². The Morgan fingerprint density at radius 3 is 2.68 bits per heavy atom. The quantitative estimate of drug-likeness (QED) is 0.686. The number of pyridine rings is 1. The van der Waals surface area contributed by atoms with Gasteiger partial charge in [-0.2, -0.15) is 0 Å². The summed E-state index contributed by atoms with van der Waals surface area (Å²) in [6, 6.07) is 12.6. The lowest BCUT2D eigenvalue weighted by Gasteiger charge is -2.07. The second kappa shape index (κ2) is 7.48. The van der Waals surface area contributed by atoms with Crippen LogP contribution in [0.4, 0.5) is 5.69 Å². The molecule has 7 heteroatoms. The Morgan fingerprint density at radius 1 is 1.16 bits per heavy atom. The number of ether oxygens (including phenoxy) is 1. The smallest absolute Gasteiger partial charge is 0.230 e. The summed E-state index contributed by atoms with van der Waals surface area (Å²) in [6.07, 6.45) is 4.08. The number of rotatable bonds is 7. The zero-order chi connectivity index (χ0) is 17.6. The highest BCUT2D eigenvalue weighted by atomic mass is 16.5. The van der Waals surface area contributed by atoms with Crippen molar-refractivity contribution in [3.8, 4) is 5.75 Å². The number of anilines is 1. The molecule has 0 unspecified atom stereocenters. The van der Waals surface area contributed by atoms with E-state index < -0.39 is 5.91 Å². The molecule has 25 heavy (non-hydrogen) atoms. The monoisotopic (exact) mass is 338 g/mol. The van der Waals surface area contributed by atoms with Gasteiger partial charge in [-0.25, -0.2) is 4.98 Å². The second-order valence-electron chi connectivity index (χ2n) is 5.51. The molecule has 2 amide bonds. The molecule has 2 heterocycles. The predicted octanol–water partition coefficient (Wildman–Crippen LogP) is 1.77. The fraction of sp³-hybridized carbons (Fsp3) is 0.167. The molecule has 1 aromatic carbocycles. The van der Waals surface area contributed by atoms with Gasteiger partial charge in [-0.05, 0) is 36.4 Å². The van der Waals surface area contributed by atoms with Gasteiger partial charge < -0.3 is 20.2 Å². The lowest BCUT2D eigenvalue weighted by Crippen LogP contribution is -2.15. The van der Waals surface area contributed by atoms with Gasteiger partial charge in [-0.15, -0.1) is 0 Å². The topological polar surface area (TPSA) is 98.7 Å².